The van der Waals surface area contributed by atoms with E-state index in [0.717, 1.165) is 57.1 Å². The number of hydrogen-bond donors (Lipinski definition) is 3. The molecule has 0 aromatic heterocycles. The number of hydrogen-bond acceptors (Lipinski definition) is 3. The van der Waals surface area contributed by atoms with Gasteiger partial charge in [0, 0.05) is 37.9 Å². The summed E-state index contributed by atoms with van der Waals surface area (Å²) in [5, 5.41) is 9.59. The normalized spacial score (nSPS) is 12.1. The van der Waals surface area contributed by atoms with E-state index >= 15 is 0 Å². The lowest BCUT2D eigenvalue weighted by Gasteiger charge is -2.12. The highest BCUT2D eigenvalue weighted by Crippen LogP contribution is 2.07. The summed E-state index contributed by atoms with van der Waals surface area (Å²) in [5.74, 6) is 0.762. The Morgan fingerprint density at radius 2 is 1.96 bits per heavy atom. The molecule has 1 aromatic rings. The van der Waals surface area contributed by atoms with Crippen LogP contribution in [0.4, 0.5) is 0 Å². The summed E-state index contributed by atoms with van der Waals surface area (Å²) in [7, 11) is 0. The molecule has 0 radical (unpaired) electrons. The van der Waals surface area contributed by atoms with E-state index in [0.29, 0.717) is 12.1 Å². The molecule has 28 heavy (non-hydrogen) atoms. The Kier molecular flexibility index (Phi) is 15.8. The first-order valence-electron chi connectivity index (χ1n) is 10.1. The molecule has 0 aliphatic carbocycles. The maximum atomic E-state index is 12.3. The van der Waals surface area contributed by atoms with Gasteiger partial charge in [-0.1, -0.05) is 19.1 Å². The number of carbonyl (C=O) groups excluding carboxylic acids is 1. The Balaban J connectivity index is 0.00000729. The van der Waals surface area contributed by atoms with Crippen molar-refractivity contribution in [3.05, 3.63) is 35.4 Å². The zero-order chi connectivity index (χ0) is 19.9. The number of unbranched alkanes of at least 4 members (excludes halogenated alkanes) is 1. The molecule has 0 spiro atoms. The fraction of sp³-hybridized carbons (Fsp3) is 0.619. The number of benzene rings is 1. The van der Waals surface area contributed by atoms with Gasteiger partial charge in [0.25, 0.3) is 5.91 Å². The van der Waals surface area contributed by atoms with Crippen molar-refractivity contribution in [3.8, 4) is 0 Å². The first-order valence-corrected chi connectivity index (χ1v) is 10.1. The van der Waals surface area contributed by atoms with Crippen LogP contribution in [0.15, 0.2) is 29.3 Å². The predicted molar refractivity (Wildman–Crippen MR) is 128 cm³/mol. The van der Waals surface area contributed by atoms with Crippen LogP contribution >= 0.6 is 24.0 Å². The van der Waals surface area contributed by atoms with Crippen molar-refractivity contribution >= 4 is 35.8 Å². The first-order chi connectivity index (χ1) is 13.1. The Hall–Kier alpha value is -1.35. The van der Waals surface area contributed by atoms with E-state index in [4.69, 9.17) is 4.74 Å². The lowest BCUT2D eigenvalue weighted by molar-refractivity contribution is 0.0939. The number of amides is 1. The lowest BCUT2D eigenvalue weighted by atomic mass is 10.1. The largest absolute Gasteiger partial charge is 0.382 e. The molecule has 7 heteroatoms. The Morgan fingerprint density at radius 3 is 2.64 bits per heavy atom. The number of ether oxygens (including phenoxy) is 1. The molecule has 3 N–H and O–H groups in total. The number of nitrogens with one attached hydrogen (secondary N) is 3. The van der Waals surface area contributed by atoms with Crippen molar-refractivity contribution in [2.75, 3.05) is 26.3 Å². The van der Waals surface area contributed by atoms with Crippen LogP contribution in [-0.4, -0.2) is 44.2 Å². The second-order valence-corrected chi connectivity index (χ2v) is 6.51. The zero-order valence-electron chi connectivity index (χ0n) is 17.7. The third-order valence-corrected chi connectivity index (χ3v) is 4.16. The molecular formula is C21H37IN4O2. The first kappa shape index (κ1) is 26.6. The molecule has 1 amide bonds. The van der Waals surface area contributed by atoms with Crippen LogP contribution in [-0.2, 0) is 11.3 Å². The molecular weight excluding hydrogens is 467 g/mol. The summed E-state index contributed by atoms with van der Waals surface area (Å²) >= 11 is 0. The van der Waals surface area contributed by atoms with Gasteiger partial charge in [0.2, 0.25) is 0 Å². The second kappa shape index (κ2) is 16.6. The van der Waals surface area contributed by atoms with E-state index < -0.39 is 0 Å². The van der Waals surface area contributed by atoms with Gasteiger partial charge in [0.15, 0.2) is 5.96 Å². The molecule has 0 bridgehead atoms. The maximum absolute atomic E-state index is 12.3. The van der Waals surface area contributed by atoms with Crippen LogP contribution in [0.25, 0.3) is 0 Å². The van der Waals surface area contributed by atoms with E-state index in [1.165, 1.54) is 0 Å². The number of halogens is 1. The summed E-state index contributed by atoms with van der Waals surface area (Å²) in [6.07, 6.45) is 2.99. The van der Waals surface area contributed by atoms with E-state index in [-0.39, 0.29) is 35.9 Å². The molecule has 0 saturated carbocycles. The number of nitrogens with zero attached hydrogens (tertiary/aromatic N) is 1. The van der Waals surface area contributed by atoms with Gasteiger partial charge < -0.3 is 20.7 Å². The third-order valence-electron chi connectivity index (χ3n) is 4.16. The highest BCUT2D eigenvalue weighted by molar-refractivity contribution is 14.0. The Bertz CT molecular complexity index is 581. The van der Waals surface area contributed by atoms with E-state index in [1.807, 2.05) is 45.0 Å². The van der Waals surface area contributed by atoms with Crippen molar-refractivity contribution in [2.24, 2.45) is 4.99 Å². The van der Waals surface area contributed by atoms with Gasteiger partial charge in [-0.15, -0.1) is 24.0 Å². The van der Waals surface area contributed by atoms with Gasteiger partial charge >= 0.3 is 0 Å². The van der Waals surface area contributed by atoms with Crippen molar-refractivity contribution in [1.82, 2.24) is 16.0 Å². The summed E-state index contributed by atoms with van der Waals surface area (Å²) in [6.45, 7) is 11.9. The minimum absolute atomic E-state index is 0. The van der Waals surface area contributed by atoms with Gasteiger partial charge in [0.1, 0.15) is 0 Å². The monoisotopic (exact) mass is 504 g/mol. The quantitative estimate of drug-likeness (QED) is 0.176. The number of rotatable bonds is 12. The maximum Gasteiger partial charge on any atom is 0.251 e. The van der Waals surface area contributed by atoms with E-state index in [1.54, 1.807) is 0 Å². The minimum Gasteiger partial charge on any atom is -0.382 e. The van der Waals surface area contributed by atoms with Crippen molar-refractivity contribution in [1.29, 1.82) is 0 Å². The highest BCUT2D eigenvalue weighted by Gasteiger charge is 2.08. The van der Waals surface area contributed by atoms with Gasteiger partial charge in [-0.2, -0.15) is 0 Å². The van der Waals surface area contributed by atoms with E-state index in [9.17, 15) is 4.79 Å². The number of guanidine groups is 1. The van der Waals surface area contributed by atoms with Crippen LogP contribution in [0.1, 0.15) is 62.9 Å². The van der Waals surface area contributed by atoms with Crippen LogP contribution in [0.3, 0.4) is 0 Å². The van der Waals surface area contributed by atoms with Crippen LogP contribution < -0.4 is 16.0 Å². The topological polar surface area (TPSA) is 74.8 Å². The molecule has 1 atom stereocenters. The molecule has 0 saturated heterocycles. The smallest absolute Gasteiger partial charge is 0.251 e. The van der Waals surface area contributed by atoms with Crippen molar-refractivity contribution in [3.63, 3.8) is 0 Å². The fourth-order valence-corrected chi connectivity index (χ4v) is 2.41. The predicted octanol–water partition coefficient (Wildman–Crippen LogP) is 3.70. The molecule has 1 unspecified atom stereocenters. The lowest BCUT2D eigenvalue weighted by Crippen LogP contribution is -2.37. The standard InChI is InChI=1S/C21H36N4O2.HI/c1-5-17(4)25-20(26)19-12-10-11-18(15-19)16-24-21(22-6-2)23-13-8-9-14-27-7-3;/h10-12,15,17H,5-9,13-14,16H2,1-4H3,(H,25,26)(H2,22,23,24);1H. The summed E-state index contributed by atoms with van der Waals surface area (Å²) in [4.78, 5) is 16.9. The number of carbonyl (C=O) groups is 1. The number of aliphatic imine (C=N–C) groups is 1. The molecule has 6 nitrogen and oxygen atoms in total. The minimum atomic E-state index is -0.0329. The SMILES string of the molecule is CCNC(=NCc1cccc(C(=O)NC(C)CC)c1)NCCCCOCC.I. The third kappa shape index (κ3) is 11.5. The zero-order valence-corrected chi connectivity index (χ0v) is 20.0. The molecule has 0 aliphatic rings. The molecule has 0 fully saturated rings. The molecule has 1 rings (SSSR count). The van der Waals surface area contributed by atoms with Crippen molar-refractivity contribution in [2.45, 2.75) is 59.5 Å². The van der Waals surface area contributed by atoms with Gasteiger partial charge in [-0.05, 0) is 57.7 Å². The van der Waals surface area contributed by atoms with Crippen LogP contribution in [0.2, 0.25) is 0 Å². The summed E-state index contributed by atoms with van der Waals surface area (Å²) in [6, 6.07) is 7.82. The van der Waals surface area contributed by atoms with E-state index in [2.05, 4.69) is 27.9 Å². The summed E-state index contributed by atoms with van der Waals surface area (Å²) < 4.78 is 5.35. The molecule has 1 aromatic carbocycles. The Morgan fingerprint density at radius 1 is 1.18 bits per heavy atom. The second-order valence-electron chi connectivity index (χ2n) is 6.51. The fourth-order valence-electron chi connectivity index (χ4n) is 2.41. The van der Waals surface area contributed by atoms with Crippen LogP contribution in [0, 0.1) is 0 Å². The average Bonchev–Trinajstić information content (AvgIpc) is 2.68. The van der Waals surface area contributed by atoms with Gasteiger partial charge in [-0.25, -0.2) is 4.99 Å². The van der Waals surface area contributed by atoms with Gasteiger partial charge in [0.05, 0.1) is 6.54 Å². The Labute approximate surface area is 187 Å². The van der Waals surface area contributed by atoms with Crippen molar-refractivity contribution < 1.29 is 9.53 Å². The molecule has 0 heterocycles. The average molecular weight is 504 g/mol. The molecule has 160 valence electrons. The molecule has 0 aliphatic heterocycles. The van der Waals surface area contributed by atoms with Crippen LogP contribution in [0.5, 0.6) is 0 Å². The highest BCUT2D eigenvalue weighted by atomic mass is 127. The summed E-state index contributed by atoms with van der Waals surface area (Å²) in [5.41, 5.74) is 1.69. The van der Waals surface area contributed by atoms with Gasteiger partial charge in [-0.3, -0.25) is 4.79 Å².